The Labute approximate surface area is 167 Å². The normalized spacial score (nSPS) is 17.3. The molecular formula is C20H24F3N5O. The quantitative estimate of drug-likeness (QED) is 0.570. The number of pyridine rings is 1. The van der Waals surface area contributed by atoms with Crippen molar-refractivity contribution in [2.24, 2.45) is 4.99 Å². The van der Waals surface area contributed by atoms with Crippen LogP contribution in [0.15, 0.2) is 53.7 Å². The summed E-state index contributed by atoms with van der Waals surface area (Å²) in [5.74, 6) is 0.582. The fraction of sp³-hybridized carbons (Fsp3) is 0.400. The number of nitrogens with one attached hydrogen (secondary N) is 2. The molecule has 0 radical (unpaired) electrons. The van der Waals surface area contributed by atoms with E-state index in [0.29, 0.717) is 12.5 Å². The Bertz CT molecular complexity index is 813. The third-order valence-corrected chi connectivity index (χ3v) is 4.52. The fourth-order valence-electron chi connectivity index (χ4n) is 3.12. The highest BCUT2D eigenvalue weighted by Gasteiger charge is 2.28. The van der Waals surface area contributed by atoms with Gasteiger partial charge in [0.25, 0.3) is 0 Å². The van der Waals surface area contributed by atoms with Gasteiger partial charge >= 0.3 is 6.18 Å². The Hall–Kier alpha value is -2.97. The van der Waals surface area contributed by atoms with E-state index in [0.717, 1.165) is 25.1 Å². The topological polar surface area (TPSA) is 61.8 Å². The number of ether oxygens (including phenoxy) is 1. The van der Waals surface area contributed by atoms with Crippen molar-refractivity contribution in [3.63, 3.8) is 0 Å². The number of anilines is 1. The van der Waals surface area contributed by atoms with Crippen molar-refractivity contribution in [2.45, 2.75) is 25.2 Å². The van der Waals surface area contributed by atoms with Crippen LogP contribution in [0.25, 0.3) is 0 Å². The molecular weight excluding hydrogens is 383 g/mol. The highest BCUT2D eigenvalue weighted by Crippen LogP contribution is 2.20. The monoisotopic (exact) mass is 407 g/mol. The largest absolute Gasteiger partial charge is 0.468 e. The molecule has 0 bridgehead atoms. The molecule has 1 aliphatic heterocycles. The fourth-order valence-corrected chi connectivity index (χ4v) is 3.12. The van der Waals surface area contributed by atoms with Gasteiger partial charge in [0, 0.05) is 50.7 Å². The first kappa shape index (κ1) is 20.8. The summed E-state index contributed by atoms with van der Waals surface area (Å²) in [6.45, 7) is 0.859. The number of para-hydroxylation sites is 1. The molecule has 9 heteroatoms. The highest BCUT2D eigenvalue weighted by molar-refractivity contribution is 5.80. The van der Waals surface area contributed by atoms with E-state index < -0.39 is 12.8 Å². The number of hydrogen-bond acceptors (Lipinski definition) is 4. The lowest BCUT2D eigenvalue weighted by Crippen LogP contribution is -2.44. The number of rotatable bonds is 6. The van der Waals surface area contributed by atoms with Crippen LogP contribution in [0.3, 0.4) is 0 Å². The number of halogens is 3. The molecule has 1 saturated heterocycles. The molecule has 1 aromatic carbocycles. The van der Waals surface area contributed by atoms with Crippen LogP contribution in [0.1, 0.15) is 12.0 Å². The van der Waals surface area contributed by atoms with E-state index in [1.54, 1.807) is 13.1 Å². The van der Waals surface area contributed by atoms with Crippen molar-refractivity contribution in [1.82, 2.24) is 15.6 Å². The van der Waals surface area contributed by atoms with Gasteiger partial charge in [0.05, 0.1) is 0 Å². The molecule has 1 unspecified atom stereocenters. The lowest BCUT2D eigenvalue weighted by Gasteiger charge is -2.20. The number of nitrogens with zero attached hydrogens (tertiary/aromatic N) is 3. The zero-order valence-electron chi connectivity index (χ0n) is 16.1. The third-order valence-electron chi connectivity index (χ3n) is 4.52. The molecule has 29 heavy (non-hydrogen) atoms. The Morgan fingerprint density at radius 3 is 2.79 bits per heavy atom. The van der Waals surface area contributed by atoms with Gasteiger partial charge < -0.3 is 20.3 Å². The first-order chi connectivity index (χ1) is 13.9. The number of alkyl halides is 3. The predicted octanol–water partition coefficient (Wildman–Crippen LogP) is 2.97. The van der Waals surface area contributed by atoms with Crippen molar-refractivity contribution in [3.8, 4) is 5.88 Å². The summed E-state index contributed by atoms with van der Waals surface area (Å²) in [6, 6.07) is 13.7. The summed E-state index contributed by atoms with van der Waals surface area (Å²) in [4.78, 5) is 10.4. The minimum atomic E-state index is -4.39. The van der Waals surface area contributed by atoms with Gasteiger partial charge in [-0.15, -0.1) is 0 Å². The van der Waals surface area contributed by atoms with Gasteiger partial charge in [-0.25, -0.2) is 4.98 Å². The molecule has 156 valence electrons. The van der Waals surface area contributed by atoms with Gasteiger partial charge in [-0.05, 0) is 30.2 Å². The summed E-state index contributed by atoms with van der Waals surface area (Å²) >= 11 is 0. The van der Waals surface area contributed by atoms with Gasteiger partial charge in [-0.2, -0.15) is 13.2 Å². The lowest BCUT2D eigenvalue weighted by atomic mass is 10.2. The maximum absolute atomic E-state index is 12.3. The lowest BCUT2D eigenvalue weighted by molar-refractivity contribution is -0.154. The molecule has 2 aromatic rings. The van der Waals surface area contributed by atoms with Crippen LogP contribution >= 0.6 is 0 Å². The van der Waals surface area contributed by atoms with E-state index in [-0.39, 0.29) is 11.9 Å². The zero-order chi connectivity index (χ0) is 20.7. The Morgan fingerprint density at radius 2 is 2.07 bits per heavy atom. The van der Waals surface area contributed by atoms with Crippen LogP contribution in [0, 0.1) is 0 Å². The second kappa shape index (κ2) is 9.49. The average molecular weight is 407 g/mol. The molecule has 0 aliphatic carbocycles. The molecule has 0 spiro atoms. The maximum Gasteiger partial charge on any atom is 0.422 e. The molecule has 0 amide bonds. The maximum atomic E-state index is 12.3. The Morgan fingerprint density at radius 1 is 1.28 bits per heavy atom. The summed E-state index contributed by atoms with van der Waals surface area (Å²) in [5, 5.41) is 6.58. The van der Waals surface area contributed by atoms with Gasteiger partial charge in [0.15, 0.2) is 12.6 Å². The van der Waals surface area contributed by atoms with E-state index >= 15 is 0 Å². The van der Waals surface area contributed by atoms with Gasteiger partial charge in [0.2, 0.25) is 5.88 Å². The molecule has 1 fully saturated rings. The summed E-state index contributed by atoms with van der Waals surface area (Å²) in [5.41, 5.74) is 1.94. The summed E-state index contributed by atoms with van der Waals surface area (Å²) < 4.78 is 41.5. The molecule has 0 saturated carbocycles. The Balaban J connectivity index is 1.49. The van der Waals surface area contributed by atoms with E-state index in [4.69, 9.17) is 4.74 Å². The van der Waals surface area contributed by atoms with E-state index in [1.807, 2.05) is 18.2 Å². The number of aromatic nitrogens is 1. The SMILES string of the molecule is CN=C(NCc1ccnc(OCC(F)(F)F)c1)NC1CCN(c2ccccc2)C1. The van der Waals surface area contributed by atoms with Crippen molar-refractivity contribution in [1.29, 1.82) is 0 Å². The van der Waals surface area contributed by atoms with Crippen LogP contribution in [0.4, 0.5) is 18.9 Å². The second-order valence-electron chi connectivity index (χ2n) is 6.74. The van der Waals surface area contributed by atoms with Crippen LogP contribution in [0.2, 0.25) is 0 Å². The van der Waals surface area contributed by atoms with Gasteiger partial charge in [0.1, 0.15) is 0 Å². The molecule has 1 atom stereocenters. The number of hydrogen-bond donors (Lipinski definition) is 2. The number of benzene rings is 1. The van der Waals surface area contributed by atoms with Crippen LogP contribution < -0.4 is 20.3 Å². The standard InChI is InChI=1S/C20H24F3N5O/c1-24-19(27-16-8-10-28(13-16)17-5-3-2-4-6-17)26-12-15-7-9-25-18(11-15)29-14-20(21,22)23/h2-7,9,11,16H,8,10,12-14H2,1H3,(H2,24,26,27). The van der Waals surface area contributed by atoms with Crippen molar-refractivity contribution >= 4 is 11.6 Å². The van der Waals surface area contributed by atoms with Crippen molar-refractivity contribution < 1.29 is 17.9 Å². The molecule has 3 rings (SSSR count). The highest BCUT2D eigenvalue weighted by atomic mass is 19.4. The first-order valence-corrected chi connectivity index (χ1v) is 9.34. The molecule has 2 N–H and O–H groups in total. The average Bonchev–Trinajstić information content (AvgIpc) is 3.18. The predicted molar refractivity (Wildman–Crippen MR) is 106 cm³/mol. The number of guanidine groups is 1. The molecule has 2 heterocycles. The van der Waals surface area contributed by atoms with E-state index in [2.05, 4.69) is 37.6 Å². The van der Waals surface area contributed by atoms with Crippen LogP contribution in [-0.4, -0.2) is 49.9 Å². The van der Waals surface area contributed by atoms with E-state index in [9.17, 15) is 13.2 Å². The Kier molecular flexibility index (Phi) is 6.79. The van der Waals surface area contributed by atoms with Gasteiger partial charge in [-0.1, -0.05) is 18.2 Å². The van der Waals surface area contributed by atoms with Gasteiger partial charge in [-0.3, -0.25) is 4.99 Å². The van der Waals surface area contributed by atoms with Crippen LogP contribution in [-0.2, 0) is 6.54 Å². The zero-order valence-corrected chi connectivity index (χ0v) is 16.1. The smallest absolute Gasteiger partial charge is 0.422 e. The van der Waals surface area contributed by atoms with Crippen molar-refractivity contribution in [3.05, 3.63) is 54.2 Å². The van der Waals surface area contributed by atoms with E-state index in [1.165, 1.54) is 18.0 Å². The first-order valence-electron chi connectivity index (χ1n) is 9.34. The molecule has 1 aliphatic rings. The second-order valence-corrected chi connectivity index (χ2v) is 6.74. The van der Waals surface area contributed by atoms with Crippen molar-refractivity contribution in [2.75, 3.05) is 31.6 Å². The minimum Gasteiger partial charge on any atom is -0.468 e. The van der Waals surface area contributed by atoms with Crippen LogP contribution in [0.5, 0.6) is 5.88 Å². The summed E-state index contributed by atoms with van der Waals surface area (Å²) in [7, 11) is 1.68. The third kappa shape index (κ3) is 6.55. The summed E-state index contributed by atoms with van der Waals surface area (Å²) in [6.07, 6.45) is -1.98. The number of aliphatic imine (C=N–C) groups is 1. The molecule has 6 nitrogen and oxygen atoms in total. The minimum absolute atomic E-state index is 0.0566. The molecule has 1 aromatic heterocycles.